The molecule has 35 heavy (non-hydrogen) atoms. The summed E-state index contributed by atoms with van der Waals surface area (Å²) in [5, 5.41) is 0. The second kappa shape index (κ2) is 9.45. The van der Waals surface area contributed by atoms with Gasteiger partial charge in [0.25, 0.3) is 5.91 Å². The molecule has 0 unspecified atom stereocenters. The number of aryl methyl sites for hydroxylation is 1. The molecule has 6 nitrogen and oxygen atoms in total. The highest BCUT2D eigenvalue weighted by atomic mass is 16.3. The van der Waals surface area contributed by atoms with Crippen LogP contribution in [0.5, 0.6) is 0 Å². The molecule has 2 aliphatic heterocycles. The minimum absolute atomic E-state index is 0.0417. The first-order valence-corrected chi connectivity index (χ1v) is 13.3. The molecular weight excluding hydrogens is 438 g/mol. The van der Waals surface area contributed by atoms with Crippen LogP contribution in [0.2, 0.25) is 0 Å². The average molecular weight is 478 g/mol. The molecule has 1 aliphatic carbocycles. The molecule has 3 heterocycles. The molecule has 0 saturated carbocycles. The van der Waals surface area contributed by atoms with E-state index in [4.69, 9.17) is 4.42 Å². The van der Waals surface area contributed by atoms with Gasteiger partial charge >= 0.3 is 6.03 Å². The lowest BCUT2D eigenvalue weighted by Crippen LogP contribution is -2.57. The third kappa shape index (κ3) is 4.42. The molecule has 188 valence electrons. The van der Waals surface area contributed by atoms with Crippen molar-refractivity contribution in [1.82, 2.24) is 14.7 Å². The number of furan rings is 1. The molecule has 6 heteroatoms. The van der Waals surface area contributed by atoms with Gasteiger partial charge in [0.05, 0.1) is 0 Å². The van der Waals surface area contributed by atoms with Crippen molar-refractivity contribution in [1.29, 1.82) is 0 Å². The second-order valence-electron chi connectivity index (χ2n) is 11.3. The van der Waals surface area contributed by atoms with Gasteiger partial charge < -0.3 is 14.2 Å². The smallest absolute Gasteiger partial charge is 0.327 e. The topological polar surface area (TPSA) is 57.0 Å². The highest BCUT2D eigenvalue weighted by molar-refractivity contribution is 6.07. The molecule has 2 saturated heterocycles. The van der Waals surface area contributed by atoms with E-state index in [2.05, 4.69) is 43.9 Å². The van der Waals surface area contributed by atoms with Crippen LogP contribution < -0.4 is 0 Å². The number of imide groups is 1. The molecule has 2 aromatic rings. The molecule has 1 aromatic carbocycles. The number of piperidine rings is 1. The number of likely N-dealkylation sites (tertiary alicyclic amines) is 1. The highest BCUT2D eigenvalue weighted by Gasteiger charge is 2.59. The number of amides is 3. The number of nitrogens with zero attached hydrogens (tertiary/aromatic N) is 3. The number of benzene rings is 1. The van der Waals surface area contributed by atoms with Gasteiger partial charge in [0.1, 0.15) is 17.1 Å². The third-order valence-electron chi connectivity index (χ3n) is 8.32. The predicted octanol–water partition coefficient (Wildman–Crippen LogP) is 5.00. The van der Waals surface area contributed by atoms with Crippen molar-refractivity contribution in [2.75, 3.05) is 26.2 Å². The summed E-state index contributed by atoms with van der Waals surface area (Å²) in [6, 6.07) is 12.3. The van der Waals surface area contributed by atoms with Gasteiger partial charge in [-0.3, -0.25) is 9.69 Å². The summed E-state index contributed by atoms with van der Waals surface area (Å²) in [5.74, 6) is 2.73. The number of hydrogen-bond acceptors (Lipinski definition) is 4. The largest absolute Gasteiger partial charge is 0.466 e. The van der Waals surface area contributed by atoms with Crippen LogP contribution in [0.1, 0.15) is 68.6 Å². The number of urea groups is 1. The molecule has 0 radical (unpaired) electrons. The van der Waals surface area contributed by atoms with Crippen molar-refractivity contribution in [3.63, 3.8) is 0 Å². The summed E-state index contributed by atoms with van der Waals surface area (Å²) in [4.78, 5) is 33.8. The fourth-order valence-electron chi connectivity index (χ4n) is 6.26. The van der Waals surface area contributed by atoms with E-state index in [9.17, 15) is 9.59 Å². The zero-order chi connectivity index (χ0) is 24.7. The van der Waals surface area contributed by atoms with Gasteiger partial charge in [-0.15, -0.1) is 0 Å². The summed E-state index contributed by atoms with van der Waals surface area (Å²) in [6.07, 6.45) is 4.00. The van der Waals surface area contributed by atoms with Crippen LogP contribution in [0, 0.1) is 12.8 Å². The number of carbonyl (C=O) groups excluding carboxylic acids is 2. The average Bonchev–Trinajstić information content (AvgIpc) is 3.51. The maximum Gasteiger partial charge on any atom is 0.327 e. The van der Waals surface area contributed by atoms with Crippen molar-refractivity contribution in [3.8, 4) is 0 Å². The van der Waals surface area contributed by atoms with Gasteiger partial charge in [-0.05, 0) is 74.8 Å². The maximum absolute atomic E-state index is 14.0. The Balaban J connectivity index is 1.28. The first-order valence-electron chi connectivity index (χ1n) is 13.3. The Morgan fingerprint density at radius 3 is 2.23 bits per heavy atom. The van der Waals surface area contributed by atoms with Crippen molar-refractivity contribution in [2.45, 2.75) is 77.3 Å². The molecular formula is C29H39N3O3. The summed E-state index contributed by atoms with van der Waals surface area (Å²) in [5.41, 5.74) is 1.85. The molecule has 3 amide bonds. The summed E-state index contributed by atoms with van der Waals surface area (Å²) in [6.45, 7) is 11.8. The van der Waals surface area contributed by atoms with Crippen LogP contribution in [0.4, 0.5) is 4.79 Å². The van der Waals surface area contributed by atoms with E-state index in [-0.39, 0.29) is 18.0 Å². The van der Waals surface area contributed by atoms with Gasteiger partial charge in [0.2, 0.25) is 0 Å². The van der Waals surface area contributed by atoms with E-state index in [0.29, 0.717) is 31.2 Å². The number of carbonyl (C=O) groups is 2. The van der Waals surface area contributed by atoms with Gasteiger partial charge in [0, 0.05) is 31.6 Å². The van der Waals surface area contributed by atoms with Crippen molar-refractivity contribution in [2.24, 2.45) is 5.92 Å². The number of hydrogen-bond donors (Lipinski definition) is 0. The lowest BCUT2D eigenvalue weighted by atomic mass is 9.85. The Bertz CT molecular complexity index is 1060. The highest BCUT2D eigenvalue weighted by Crippen LogP contribution is 2.41. The number of fused-ring (bicyclic) bond motifs is 1. The standard InChI is InChI=1S/C29H39N3O3/c1-20(2)19-31-28(34)32(25-17-23-7-5-6-8-24(23)18-25)27(33)29(31)12-15-30(16-13-29)14-11-21(3)26-10-9-22(4)35-26/h5-10,20-21,25H,11-19H2,1-4H3/t21-/m0/s1. The van der Waals surface area contributed by atoms with Crippen LogP contribution in [-0.4, -0.2) is 64.4 Å². The predicted molar refractivity (Wildman–Crippen MR) is 136 cm³/mol. The van der Waals surface area contributed by atoms with Crippen molar-refractivity contribution < 1.29 is 14.0 Å². The van der Waals surface area contributed by atoms with E-state index >= 15 is 0 Å². The van der Waals surface area contributed by atoms with Gasteiger partial charge in [-0.1, -0.05) is 45.0 Å². The van der Waals surface area contributed by atoms with Crippen molar-refractivity contribution in [3.05, 3.63) is 59.0 Å². The molecule has 1 atom stereocenters. The van der Waals surface area contributed by atoms with Crippen molar-refractivity contribution >= 4 is 11.9 Å². The van der Waals surface area contributed by atoms with E-state index in [1.54, 1.807) is 4.90 Å². The summed E-state index contributed by atoms with van der Waals surface area (Å²) in [7, 11) is 0. The molecule has 0 bridgehead atoms. The van der Waals surface area contributed by atoms with Gasteiger partial charge in [0.15, 0.2) is 0 Å². The normalized spacial score (nSPS) is 21.5. The van der Waals surface area contributed by atoms with E-state index < -0.39 is 5.54 Å². The fourth-order valence-corrected chi connectivity index (χ4v) is 6.26. The zero-order valence-electron chi connectivity index (χ0n) is 21.6. The number of rotatable bonds is 7. The quantitative estimate of drug-likeness (QED) is 0.527. The Kier molecular flexibility index (Phi) is 6.51. The third-order valence-corrected chi connectivity index (χ3v) is 8.32. The van der Waals surface area contributed by atoms with Gasteiger partial charge in [-0.2, -0.15) is 0 Å². The lowest BCUT2D eigenvalue weighted by molar-refractivity contribution is -0.137. The molecule has 2 fully saturated rings. The molecule has 1 spiro atoms. The Labute approximate surface area is 209 Å². The van der Waals surface area contributed by atoms with E-state index in [0.717, 1.165) is 50.4 Å². The Morgan fingerprint density at radius 1 is 1.00 bits per heavy atom. The molecule has 5 rings (SSSR count). The molecule has 3 aliphatic rings. The molecule has 0 N–H and O–H groups in total. The maximum atomic E-state index is 14.0. The Morgan fingerprint density at radius 2 is 1.66 bits per heavy atom. The van der Waals surface area contributed by atoms with Gasteiger partial charge in [-0.25, -0.2) is 4.79 Å². The minimum Gasteiger partial charge on any atom is -0.466 e. The van der Waals surface area contributed by atoms with Crippen LogP contribution >= 0.6 is 0 Å². The van der Waals surface area contributed by atoms with Crippen LogP contribution in [0.25, 0.3) is 0 Å². The van der Waals surface area contributed by atoms with Crippen LogP contribution in [-0.2, 0) is 17.6 Å². The second-order valence-corrected chi connectivity index (χ2v) is 11.3. The van der Waals surface area contributed by atoms with Crippen LogP contribution in [0.3, 0.4) is 0 Å². The Hall–Kier alpha value is -2.60. The van der Waals surface area contributed by atoms with Crippen LogP contribution in [0.15, 0.2) is 40.8 Å². The van der Waals surface area contributed by atoms with E-state index in [1.165, 1.54) is 11.1 Å². The first-order chi connectivity index (χ1) is 16.8. The molecule has 1 aromatic heterocycles. The fraction of sp³-hybridized carbons (Fsp3) is 0.586. The monoisotopic (exact) mass is 477 g/mol. The minimum atomic E-state index is -0.684. The lowest BCUT2D eigenvalue weighted by Gasteiger charge is -2.43. The summed E-state index contributed by atoms with van der Waals surface area (Å²) < 4.78 is 5.81. The summed E-state index contributed by atoms with van der Waals surface area (Å²) >= 11 is 0. The SMILES string of the molecule is Cc1ccc([C@@H](C)CCN2CCC3(CC2)C(=O)N(C2Cc4ccccc4C2)C(=O)N3CC(C)C)o1. The first kappa shape index (κ1) is 24.1. The van der Waals surface area contributed by atoms with E-state index in [1.807, 2.05) is 30.0 Å². The zero-order valence-corrected chi connectivity index (χ0v) is 21.6.